The van der Waals surface area contributed by atoms with Crippen LogP contribution in [0.5, 0.6) is 0 Å². The van der Waals surface area contributed by atoms with Gasteiger partial charge in [0.15, 0.2) is 5.76 Å². The summed E-state index contributed by atoms with van der Waals surface area (Å²) < 4.78 is 5.79. The lowest BCUT2D eigenvalue weighted by atomic mass is 10.1. The van der Waals surface area contributed by atoms with Crippen LogP contribution < -0.4 is 0 Å². The standard InChI is InChI=1S/C20H19ClN2O3S/c1-12-3-6-17(27-12)19(24)22-7-9-23(10-8-22)20(25)18-13(2)15-11-14(21)4-5-16(15)26-18/h3-6,11H,7-10H2,1-2H3. The van der Waals surface area contributed by atoms with Gasteiger partial charge in [0.2, 0.25) is 0 Å². The lowest BCUT2D eigenvalue weighted by molar-refractivity contribution is 0.0521. The molecule has 0 spiro atoms. The molecular formula is C20H19ClN2O3S. The van der Waals surface area contributed by atoms with Crippen molar-refractivity contribution in [1.29, 1.82) is 0 Å². The third kappa shape index (κ3) is 3.35. The highest BCUT2D eigenvalue weighted by molar-refractivity contribution is 7.13. The average molecular weight is 403 g/mol. The Hall–Kier alpha value is -2.31. The maximum atomic E-state index is 12.9. The normalized spacial score (nSPS) is 14.8. The molecule has 2 aromatic heterocycles. The number of nitrogens with zero attached hydrogens (tertiary/aromatic N) is 2. The lowest BCUT2D eigenvalue weighted by Gasteiger charge is -2.34. The first kappa shape index (κ1) is 18.1. The van der Waals surface area contributed by atoms with E-state index in [2.05, 4.69) is 0 Å². The van der Waals surface area contributed by atoms with Crippen molar-refractivity contribution in [2.45, 2.75) is 13.8 Å². The summed E-state index contributed by atoms with van der Waals surface area (Å²) in [6.45, 7) is 5.88. The second kappa shape index (κ2) is 7.02. The molecule has 0 atom stereocenters. The molecule has 5 nitrogen and oxygen atoms in total. The number of rotatable bonds is 2. The first-order valence-corrected chi connectivity index (χ1v) is 9.97. The summed E-state index contributed by atoms with van der Waals surface area (Å²) in [4.78, 5) is 30.9. The van der Waals surface area contributed by atoms with Gasteiger partial charge in [-0.15, -0.1) is 11.3 Å². The zero-order valence-corrected chi connectivity index (χ0v) is 16.7. The molecule has 3 aromatic rings. The van der Waals surface area contributed by atoms with Crippen LogP contribution in [0.25, 0.3) is 11.0 Å². The van der Waals surface area contributed by atoms with Crippen molar-refractivity contribution >= 4 is 45.7 Å². The molecule has 7 heteroatoms. The Morgan fingerprint density at radius 1 is 1.00 bits per heavy atom. The second-order valence-electron chi connectivity index (χ2n) is 6.69. The Kier molecular flexibility index (Phi) is 4.70. The Balaban J connectivity index is 1.47. The van der Waals surface area contributed by atoms with Crippen LogP contribution >= 0.6 is 22.9 Å². The summed E-state index contributed by atoms with van der Waals surface area (Å²) in [6, 6.07) is 9.15. The third-order valence-corrected chi connectivity index (χ3v) is 6.12. The molecule has 0 bridgehead atoms. The molecule has 1 fully saturated rings. The molecule has 0 saturated carbocycles. The van der Waals surface area contributed by atoms with Crippen LogP contribution in [0.1, 0.15) is 30.7 Å². The van der Waals surface area contributed by atoms with E-state index in [9.17, 15) is 9.59 Å². The molecule has 1 aliphatic heterocycles. The Morgan fingerprint density at radius 3 is 2.30 bits per heavy atom. The predicted molar refractivity (Wildman–Crippen MR) is 107 cm³/mol. The monoisotopic (exact) mass is 402 g/mol. The van der Waals surface area contributed by atoms with Crippen molar-refractivity contribution in [3.63, 3.8) is 0 Å². The number of furan rings is 1. The van der Waals surface area contributed by atoms with Gasteiger partial charge in [0.05, 0.1) is 4.88 Å². The minimum atomic E-state index is -0.140. The molecule has 140 valence electrons. The summed E-state index contributed by atoms with van der Waals surface area (Å²) in [5, 5.41) is 1.47. The summed E-state index contributed by atoms with van der Waals surface area (Å²) >= 11 is 7.55. The van der Waals surface area contributed by atoms with Gasteiger partial charge in [-0.3, -0.25) is 9.59 Å². The van der Waals surface area contributed by atoms with Gasteiger partial charge in [0, 0.05) is 47.0 Å². The fraction of sp³-hybridized carbons (Fsp3) is 0.300. The fourth-order valence-electron chi connectivity index (χ4n) is 3.36. The quantitative estimate of drug-likeness (QED) is 0.639. The number of fused-ring (bicyclic) bond motifs is 1. The predicted octanol–water partition coefficient (Wildman–Crippen LogP) is 4.36. The summed E-state index contributed by atoms with van der Waals surface area (Å²) in [5.74, 6) is 0.245. The molecular weight excluding hydrogens is 384 g/mol. The molecule has 1 saturated heterocycles. The largest absolute Gasteiger partial charge is 0.451 e. The van der Waals surface area contributed by atoms with E-state index in [1.54, 1.807) is 21.9 Å². The topological polar surface area (TPSA) is 53.8 Å². The van der Waals surface area contributed by atoms with E-state index < -0.39 is 0 Å². The summed E-state index contributed by atoms with van der Waals surface area (Å²) in [7, 11) is 0. The number of carbonyl (C=O) groups is 2. The highest BCUT2D eigenvalue weighted by Crippen LogP contribution is 2.29. The van der Waals surface area contributed by atoms with E-state index in [0.29, 0.717) is 42.5 Å². The van der Waals surface area contributed by atoms with E-state index in [4.69, 9.17) is 16.0 Å². The number of hydrogen-bond acceptors (Lipinski definition) is 4. The van der Waals surface area contributed by atoms with Crippen molar-refractivity contribution in [2.24, 2.45) is 0 Å². The first-order valence-electron chi connectivity index (χ1n) is 8.77. The molecule has 1 aromatic carbocycles. The van der Waals surface area contributed by atoms with Crippen LogP contribution in [-0.2, 0) is 0 Å². The molecule has 2 amide bonds. The summed E-state index contributed by atoms with van der Waals surface area (Å²) in [5.41, 5.74) is 1.45. The Morgan fingerprint density at radius 2 is 1.67 bits per heavy atom. The van der Waals surface area contributed by atoms with Gasteiger partial charge in [0.25, 0.3) is 11.8 Å². The SMILES string of the molecule is Cc1ccc(C(=O)N2CCN(C(=O)c3oc4ccc(Cl)cc4c3C)CC2)s1. The first-order chi connectivity index (χ1) is 12.9. The number of benzene rings is 1. The van der Waals surface area contributed by atoms with Gasteiger partial charge in [-0.25, -0.2) is 0 Å². The highest BCUT2D eigenvalue weighted by Gasteiger charge is 2.29. The van der Waals surface area contributed by atoms with Crippen molar-refractivity contribution < 1.29 is 14.0 Å². The fourth-order valence-corrected chi connectivity index (χ4v) is 4.37. The van der Waals surface area contributed by atoms with Crippen LogP contribution in [0.15, 0.2) is 34.7 Å². The van der Waals surface area contributed by atoms with Crippen LogP contribution in [0, 0.1) is 13.8 Å². The molecule has 0 aliphatic carbocycles. The number of thiophene rings is 1. The maximum absolute atomic E-state index is 12.9. The number of piperazine rings is 1. The van der Waals surface area contributed by atoms with Crippen molar-refractivity contribution in [2.75, 3.05) is 26.2 Å². The highest BCUT2D eigenvalue weighted by atomic mass is 35.5. The summed E-state index contributed by atoms with van der Waals surface area (Å²) in [6.07, 6.45) is 0. The number of amides is 2. The minimum absolute atomic E-state index is 0.0368. The number of carbonyl (C=O) groups excluding carboxylic acids is 2. The molecule has 0 N–H and O–H groups in total. The Labute approximate surface area is 166 Å². The molecule has 4 rings (SSSR count). The number of hydrogen-bond donors (Lipinski definition) is 0. The molecule has 0 radical (unpaired) electrons. The van der Waals surface area contributed by atoms with E-state index in [1.807, 2.05) is 32.0 Å². The van der Waals surface area contributed by atoms with Gasteiger partial charge in [-0.1, -0.05) is 11.6 Å². The van der Waals surface area contributed by atoms with Crippen LogP contribution in [0.2, 0.25) is 5.02 Å². The molecule has 3 heterocycles. The second-order valence-corrected chi connectivity index (χ2v) is 8.42. The number of halogens is 1. The smallest absolute Gasteiger partial charge is 0.290 e. The van der Waals surface area contributed by atoms with Crippen LogP contribution in [-0.4, -0.2) is 47.8 Å². The van der Waals surface area contributed by atoms with E-state index in [0.717, 1.165) is 20.7 Å². The zero-order valence-electron chi connectivity index (χ0n) is 15.1. The molecule has 1 aliphatic rings. The zero-order chi connectivity index (χ0) is 19.1. The van der Waals surface area contributed by atoms with Gasteiger partial charge < -0.3 is 14.2 Å². The van der Waals surface area contributed by atoms with Gasteiger partial charge in [-0.2, -0.15) is 0 Å². The van der Waals surface area contributed by atoms with E-state index in [-0.39, 0.29) is 11.8 Å². The van der Waals surface area contributed by atoms with Crippen LogP contribution in [0.4, 0.5) is 0 Å². The minimum Gasteiger partial charge on any atom is -0.451 e. The van der Waals surface area contributed by atoms with E-state index in [1.165, 1.54) is 11.3 Å². The van der Waals surface area contributed by atoms with E-state index >= 15 is 0 Å². The van der Waals surface area contributed by atoms with Gasteiger partial charge in [-0.05, 0) is 44.2 Å². The maximum Gasteiger partial charge on any atom is 0.290 e. The van der Waals surface area contributed by atoms with Crippen molar-refractivity contribution in [1.82, 2.24) is 9.80 Å². The van der Waals surface area contributed by atoms with Gasteiger partial charge >= 0.3 is 0 Å². The van der Waals surface area contributed by atoms with Crippen molar-refractivity contribution in [3.05, 3.63) is 56.4 Å². The third-order valence-electron chi connectivity index (χ3n) is 4.90. The van der Waals surface area contributed by atoms with Crippen LogP contribution in [0.3, 0.4) is 0 Å². The average Bonchev–Trinajstić information content (AvgIpc) is 3.24. The van der Waals surface area contributed by atoms with Gasteiger partial charge in [0.1, 0.15) is 5.58 Å². The Bertz CT molecular complexity index is 1030. The molecule has 0 unspecified atom stereocenters. The van der Waals surface area contributed by atoms with Crippen molar-refractivity contribution in [3.8, 4) is 0 Å². The lowest BCUT2D eigenvalue weighted by Crippen LogP contribution is -2.50. The molecule has 27 heavy (non-hydrogen) atoms. The number of aryl methyl sites for hydroxylation is 2.